The third kappa shape index (κ3) is 3.27. The minimum atomic E-state index is -0.849. The van der Waals surface area contributed by atoms with Gasteiger partial charge < -0.3 is 15.5 Å². The van der Waals surface area contributed by atoms with Crippen LogP contribution in [0, 0.1) is 0 Å². The molecule has 3 fully saturated rings. The fourth-order valence-corrected chi connectivity index (χ4v) is 4.99. The van der Waals surface area contributed by atoms with Gasteiger partial charge in [-0.3, -0.25) is 19.3 Å². The van der Waals surface area contributed by atoms with Crippen LogP contribution in [0.5, 0.6) is 0 Å². The number of urea groups is 1. The lowest BCUT2D eigenvalue weighted by Crippen LogP contribution is -2.47. The van der Waals surface area contributed by atoms with E-state index in [4.69, 9.17) is 0 Å². The molecular formula is C18H20N4O4S. The summed E-state index contributed by atoms with van der Waals surface area (Å²) in [5, 5.41) is 5.45. The molecule has 5 amide bonds. The molecule has 4 rings (SSSR count). The number of benzene rings is 1. The molecule has 1 aromatic rings. The highest BCUT2D eigenvalue weighted by atomic mass is 32.2. The summed E-state index contributed by atoms with van der Waals surface area (Å²) >= 11 is 1.62. The van der Waals surface area contributed by atoms with E-state index in [1.807, 2.05) is 6.07 Å². The lowest BCUT2D eigenvalue weighted by atomic mass is 9.99. The maximum Gasteiger partial charge on any atom is 0.325 e. The van der Waals surface area contributed by atoms with Gasteiger partial charge in [0.05, 0.1) is 0 Å². The number of thioether (sulfide) groups is 1. The molecule has 9 heteroatoms. The van der Waals surface area contributed by atoms with Crippen LogP contribution in [0.4, 0.5) is 16.2 Å². The first kappa shape index (κ1) is 17.8. The van der Waals surface area contributed by atoms with Gasteiger partial charge in [-0.05, 0) is 36.8 Å². The minimum absolute atomic E-state index is 0.0672. The van der Waals surface area contributed by atoms with E-state index >= 15 is 0 Å². The molecule has 1 aromatic carbocycles. The second kappa shape index (κ2) is 6.88. The van der Waals surface area contributed by atoms with Crippen LogP contribution in [0.2, 0.25) is 0 Å². The average molecular weight is 388 g/mol. The molecule has 0 bridgehead atoms. The summed E-state index contributed by atoms with van der Waals surface area (Å²) in [5.74, 6) is 0.642. The zero-order chi connectivity index (χ0) is 19.0. The van der Waals surface area contributed by atoms with E-state index in [-0.39, 0.29) is 18.4 Å². The largest absolute Gasteiger partial charge is 0.325 e. The van der Waals surface area contributed by atoms with Crippen molar-refractivity contribution in [3.8, 4) is 0 Å². The summed E-state index contributed by atoms with van der Waals surface area (Å²) in [5.41, 5.74) is 0.403. The number of rotatable bonds is 4. The van der Waals surface area contributed by atoms with E-state index in [1.165, 1.54) is 0 Å². The molecule has 1 spiro atoms. The second-order valence-corrected chi connectivity index (χ2v) is 8.06. The Morgan fingerprint density at radius 1 is 1.30 bits per heavy atom. The van der Waals surface area contributed by atoms with Gasteiger partial charge in [0.2, 0.25) is 11.8 Å². The van der Waals surface area contributed by atoms with Crippen LogP contribution in [0.1, 0.15) is 19.3 Å². The fraction of sp³-hybridized carbons (Fsp3) is 0.444. The lowest BCUT2D eigenvalue weighted by Gasteiger charge is -2.19. The van der Waals surface area contributed by atoms with Gasteiger partial charge in [0.25, 0.3) is 5.91 Å². The highest BCUT2D eigenvalue weighted by molar-refractivity contribution is 7.99. The van der Waals surface area contributed by atoms with E-state index in [0.29, 0.717) is 30.8 Å². The lowest BCUT2D eigenvalue weighted by molar-refractivity contribution is -0.133. The van der Waals surface area contributed by atoms with E-state index in [2.05, 4.69) is 10.6 Å². The number of hydrogen-bond donors (Lipinski definition) is 2. The van der Waals surface area contributed by atoms with Crippen molar-refractivity contribution in [1.29, 1.82) is 0 Å². The van der Waals surface area contributed by atoms with E-state index in [0.717, 1.165) is 22.8 Å². The Hall–Kier alpha value is -2.55. The number of hydrogen-bond acceptors (Lipinski definition) is 5. The molecule has 27 heavy (non-hydrogen) atoms. The minimum Gasteiger partial charge on any atom is -0.324 e. The zero-order valence-corrected chi connectivity index (χ0v) is 15.5. The topological polar surface area (TPSA) is 98.8 Å². The van der Waals surface area contributed by atoms with Crippen molar-refractivity contribution in [1.82, 2.24) is 10.2 Å². The summed E-state index contributed by atoms with van der Waals surface area (Å²) in [6.07, 6.45) is 1.94. The first-order chi connectivity index (χ1) is 13.0. The molecule has 0 saturated carbocycles. The van der Waals surface area contributed by atoms with Crippen molar-refractivity contribution < 1.29 is 19.2 Å². The zero-order valence-electron chi connectivity index (χ0n) is 14.7. The average Bonchev–Trinajstić information content (AvgIpc) is 3.33. The fourth-order valence-electron chi connectivity index (χ4n) is 3.67. The molecule has 3 aliphatic heterocycles. The van der Waals surface area contributed by atoms with Crippen LogP contribution in [0.3, 0.4) is 0 Å². The van der Waals surface area contributed by atoms with Gasteiger partial charge in [0, 0.05) is 30.1 Å². The van der Waals surface area contributed by atoms with Gasteiger partial charge in [-0.15, -0.1) is 0 Å². The van der Waals surface area contributed by atoms with Crippen LogP contribution >= 0.6 is 11.8 Å². The van der Waals surface area contributed by atoms with Crippen molar-refractivity contribution in [2.75, 3.05) is 34.8 Å². The monoisotopic (exact) mass is 388 g/mol. The molecule has 3 heterocycles. The molecule has 1 atom stereocenters. The Kier molecular flexibility index (Phi) is 4.55. The smallest absolute Gasteiger partial charge is 0.324 e. The molecule has 3 aliphatic rings. The van der Waals surface area contributed by atoms with Crippen molar-refractivity contribution >= 4 is 46.9 Å². The number of nitrogens with one attached hydrogen (secondary N) is 2. The standard InChI is InChI=1S/C18H20N4O4S/c23-14(10-22-16(25)18(20-17(22)26)6-8-27-11-18)19-12-3-1-4-13(9-12)21-7-2-5-15(21)24/h1,3-4,9H,2,5-8,10-11H2,(H,19,23)(H,20,26). The van der Waals surface area contributed by atoms with Crippen LogP contribution in [0.25, 0.3) is 0 Å². The van der Waals surface area contributed by atoms with E-state index in [9.17, 15) is 19.2 Å². The number of carbonyl (C=O) groups excluding carboxylic acids is 4. The number of nitrogens with zero attached hydrogens (tertiary/aromatic N) is 2. The molecule has 0 radical (unpaired) electrons. The maximum absolute atomic E-state index is 12.6. The molecule has 142 valence electrons. The van der Waals surface area contributed by atoms with Gasteiger partial charge >= 0.3 is 6.03 Å². The molecule has 1 unspecified atom stereocenters. The van der Waals surface area contributed by atoms with Crippen molar-refractivity contribution in [3.63, 3.8) is 0 Å². The SMILES string of the molecule is O=C(CN1C(=O)NC2(CCSC2)C1=O)Nc1cccc(N2CCCC2=O)c1. The Balaban J connectivity index is 1.42. The van der Waals surface area contributed by atoms with Crippen molar-refractivity contribution in [2.45, 2.75) is 24.8 Å². The predicted octanol–water partition coefficient (Wildman–Crippen LogP) is 1.18. The number of imide groups is 1. The summed E-state index contributed by atoms with van der Waals surface area (Å²) in [4.78, 5) is 51.7. The number of carbonyl (C=O) groups is 4. The Bertz CT molecular complexity index is 821. The Labute approximate surface area is 160 Å². The molecule has 0 aliphatic carbocycles. The summed E-state index contributed by atoms with van der Waals surface area (Å²) in [6.45, 7) is 0.336. The van der Waals surface area contributed by atoms with Gasteiger partial charge in [0.1, 0.15) is 12.1 Å². The molecule has 2 N–H and O–H groups in total. The van der Waals surface area contributed by atoms with Gasteiger partial charge in [-0.2, -0.15) is 11.8 Å². The van der Waals surface area contributed by atoms with Crippen LogP contribution in [-0.4, -0.2) is 58.8 Å². The highest BCUT2D eigenvalue weighted by Gasteiger charge is 2.53. The van der Waals surface area contributed by atoms with Gasteiger partial charge in [-0.1, -0.05) is 6.07 Å². The molecule has 3 saturated heterocycles. The molecule has 8 nitrogen and oxygen atoms in total. The van der Waals surface area contributed by atoms with Crippen molar-refractivity contribution in [3.05, 3.63) is 24.3 Å². The maximum atomic E-state index is 12.6. The quantitative estimate of drug-likeness (QED) is 0.755. The number of amides is 5. The first-order valence-electron chi connectivity index (χ1n) is 8.91. The van der Waals surface area contributed by atoms with Gasteiger partial charge in [0.15, 0.2) is 0 Å². The number of anilines is 2. The highest BCUT2D eigenvalue weighted by Crippen LogP contribution is 2.33. The van der Waals surface area contributed by atoms with E-state index < -0.39 is 17.5 Å². The Morgan fingerprint density at radius 2 is 2.15 bits per heavy atom. The summed E-state index contributed by atoms with van der Waals surface area (Å²) in [7, 11) is 0. The van der Waals surface area contributed by atoms with Crippen molar-refractivity contribution in [2.24, 2.45) is 0 Å². The summed E-state index contributed by atoms with van der Waals surface area (Å²) < 4.78 is 0. The first-order valence-corrected chi connectivity index (χ1v) is 10.1. The van der Waals surface area contributed by atoms with Crippen LogP contribution < -0.4 is 15.5 Å². The van der Waals surface area contributed by atoms with Gasteiger partial charge in [-0.25, -0.2) is 4.79 Å². The second-order valence-electron chi connectivity index (χ2n) is 6.95. The predicted molar refractivity (Wildman–Crippen MR) is 102 cm³/mol. The normalized spacial score (nSPS) is 24.8. The molecular weight excluding hydrogens is 368 g/mol. The third-order valence-corrected chi connectivity index (χ3v) is 6.27. The Morgan fingerprint density at radius 3 is 2.85 bits per heavy atom. The van der Waals surface area contributed by atoms with Crippen LogP contribution in [0.15, 0.2) is 24.3 Å². The third-order valence-electron chi connectivity index (χ3n) is 5.08. The van der Waals surface area contributed by atoms with E-state index in [1.54, 1.807) is 34.9 Å². The summed E-state index contributed by atoms with van der Waals surface area (Å²) in [6, 6.07) is 6.49. The molecule has 0 aromatic heterocycles. The van der Waals surface area contributed by atoms with Crippen LogP contribution in [-0.2, 0) is 14.4 Å².